The van der Waals surface area contributed by atoms with Crippen molar-refractivity contribution in [1.82, 2.24) is 24.8 Å². The van der Waals surface area contributed by atoms with Crippen LogP contribution in [-0.2, 0) is 16.1 Å². The zero-order valence-electron chi connectivity index (χ0n) is 28.0. The Kier molecular flexibility index (Phi) is 6.97. The average molecular weight is 654 g/mol. The summed E-state index contributed by atoms with van der Waals surface area (Å²) in [6, 6.07) is 11.4. The highest BCUT2D eigenvalue weighted by atomic mass is 19.3. The van der Waals surface area contributed by atoms with Gasteiger partial charge in [0.15, 0.2) is 5.82 Å². The summed E-state index contributed by atoms with van der Waals surface area (Å²) in [6.07, 6.45) is 4.87. The molecular formula is C37H41F2N7O2. The largest absolute Gasteiger partial charge is 0.355 e. The molecule has 1 atom stereocenters. The summed E-state index contributed by atoms with van der Waals surface area (Å²) in [5.74, 6) is -3.34. The van der Waals surface area contributed by atoms with Crippen LogP contribution in [-0.4, -0.2) is 63.0 Å². The number of nitrogens with one attached hydrogen (secondary N) is 2. The van der Waals surface area contributed by atoms with Gasteiger partial charge in [0.1, 0.15) is 5.52 Å². The molecular weight excluding hydrogens is 612 g/mol. The van der Waals surface area contributed by atoms with Crippen LogP contribution in [0.25, 0.3) is 22.3 Å². The van der Waals surface area contributed by atoms with Gasteiger partial charge in [-0.25, -0.2) is 9.97 Å². The molecule has 1 saturated carbocycles. The third-order valence-electron chi connectivity index (χ3n) is 11.1. The molecule has 4 aromatic rings. The van der Waals surface area contributed by atoms with Crippen molar-refractivity contribution in [3.05, 3.63) is 65.5 Å². The van der Waals surface area contributed by atoms with Gasteiger partial charge in [-0.2, -0.15) is 8.78 Å². The number of alkyl halides is 2. The minimum absolute atomic E-state index is 0.0317. The maximum Gasteiger partial charge on any atom is 0.289 e. The van der Waals surface area contributed by atoms with Crippen molar-refractivity contribution in [3.8, 4) is 11.3 Å². The Morgan fingerprint density at radius 2 is 1.81 bits per heavy atom. The second-order valence-electron chi connectivity index (χ2n) is 14.6. The SMILES string of the molecule is CNC(=O)c1cc2ccc1C(F)(F)C1CCCCN1[C@H]1C[C@H](C1)N1C(=O)C(C)(C)c3ccc(cc31)-c1cc3ncn(C(C)C)c3c(n1)N2. The van der Waals surface area contributed by atoms with E-state index in [-0.39, 0.29) is 35.2 Å². The minimum atomic E-state index is -3.29. The molecule has 2 aromatic carbocycles. The van der Waals surface area contributed by atoms with Crippen LogP contribution in [0.1, 0.15) is 87.3 Å². The smallest absolute Gasteiger partial charge is 0.289 e. The van der Waals surface area contributed by atoms with Crippen molar-refractivity contribution < 1.29 is 18.4 Å². The Bertz CT molecular complexity index is 1980. The average Bonchev–Trinajstić information content (AvgIpc) is 3.57. The number of benzene rings is 2. The van der Waals surface area contributed by atoms with Crippen LogP contribution in [0.15, 0.2) is 48.8 Å². The monoisotopic (exact) mass is 653 g/mol. The van der Waals surface area contributed by atoms with E-state index in [1.165, 1.54) is 19.2 Å². The number of carbonyl (C=O) groups is 2. The Balaban J connectivity index is 1.36. The molecule has 8 bridgehead atoms. The van der Waals surface area contributed by atoms with Gasteiger partial charge < -0.3 is 20.1 Å². The predicted molar refractivity (Wildman–Crippen MR) is 182 cm³/mol. The standard InChI is InChI=1S/C37H41F2N7O2/c1-20(2)45-19-41-29-18-28-21-9-11-27-30(14-21)46(35(48)36(27,3)4)24-16-23(17-24)44-13-7-6-8-31(44)37(38,39)26-12-10-22(15-25(26)34(47)40-5)42-33(43-28)32(29)45/h9-12,14-15,18-20,23-24,31H,6-8,13,16-17H2,1-5H3,(H,40,47)(H,42,43)/t23-,24+,31?. The minimum Gasteiger partial charge on any atom is -0.355 e. The molecule has 2 aromatic heterocycles. The highest BCUT2D eigenvalue weighted by Gasteiger charge is 2.54. The van der Waals surface area contributed by atoms with E-state index in [2.05, 4.69) is 24.5 Å². The van der Waals surface area contributed by atoms with Crippen molar-refractivity contribution in [3.63, 3.8) is 0 Å². The number of fused-ring (bicyclic) bond motifs is 1. The van der Waals surface area contributed by atoms with Crippen LogP contribution >= 0.6 is 0 Å². The number of piperidine rings is 1. The van der Waals surface area contributed by atoms with Crippen molar-refractivity contribution in [2.75, 3.05) is 23.8 Å². The summed E-state index contributed by atoms with van der Waals surface area (Å²) >= 11 is 0. The topological polar surface area (TPSA) is 95.4 Å². The predicted octanol–water partition coefficient (Wildman–Crippen LogP) is 6.90. The molecule has 250 valence electrons. The fourth-order valence-corrected chi connectivity index (χ4v) is 8.37. The van der Waals surface area contributed by atoms with Crippen LogP contribution in [0.4, 0.5) is 26.0 Å². The lowest BCUT2D eigenvalue weighted by Crippen LogP contribution is -2.61. The highest BCUT2D eigenvalue weighted by Crippen LogP contribution is 2.50. The fourth-order valence-electron chi connectivity index (χ4n) is 8.37. The number of aromatic nitrogens is 3. The zero-order valence-corrected chi connectivity index (χ0v) is 28.0. The van der Waals surface area contributed by atoms with Gasteiger partial charge >= 0.3 is 0 Å². The molecule has 0 radical (unpaired) electrons. The first-order valence-corrected chi connectivity index (χ1v) is 17.0. The number of amides is 2. The molecule has 11 rings (SSSR count). The number of imidazole rings is 1. The normalized spacial score (nSPS) is 24.1. The molecule has 1 aliphatic carbocycles. The van der Waals surface area contributed by atoms with E-state index >= 15 is 8.78 Å². The van der Waals surface area contributed by atoms with E-state index in [9.17, 15) is 9.59 Å². The molecule has 1 saturated heterocycles. The Morgan fingerprint density at radius 3 is 2.56 bits per heavy atom. The quantitative estimate of drug-likeness (QED) is 0.245. The fraction of sp³-hybridized carbons (Fsp3) is 0.459. The number of halogens is 2. The molecule has 0 spiro atoms. The lowest BCUT2D eigenvalue weighted by Gasteiger charge is -2.52. The van der Waals surface area contributed by atoms with Crippen molar-refractivity contribution in [2.24, 2.45) is 0 Å². The van der Waals surface area contributed by atoms with Gasteiger partial charge in [0.2, 0.25) is 5.91 Å². The molecule has 6 aliphatic heterocycles. The molecule has 11 heteroatoms. The molecule has 7 aliphatic rings. The number of hydrogen-bond donors (Lipinski definition) is 2. The molecule has 2 N–H and O–H groups in total. The molecule has 48 heavy (non-hydrogen) atoms. The third-order valence-corrected chi connectivity index (χ3v) is 11.1. The van der Waals surface area contributed by atoms with Gasteiger partial charge in [0, 0.05) is 47.7 Å². The Labute approximate surface area is 278 Å². The summed E-state index contributed by atoms with van der Waals surface area (Å²) in [5.41, 5.74) is 4.22. The second-order valence-corrected chi connectivity index (χ2v) is 14.6. The molecule has 9 nitrogen and oxygen atoms in total. The zero-order chi connectivity index (χ0) is 33.7. The second kappa shape index (κ2) is 10.8. The van der Waals surface area contributed by atoms with E-state index in [0.29, 0.717) is 54.9 Å². The number of pyridine rings is 1. The Hall–Kier alpha value is -4.38. The van der Waals surface area contributed by atoms with E-state index in [0.717, 1.165) is 28.8 Å². The number of nitrogens with zero attached hydrogens (tertiary/aromatic N) is 5. The van der Waals surface area contributed by atoms with Crippen LogP contribution in [0, 0.1) is 0 Å². The van der Waals surface area contributed by atoms with Crippen LogP contribution in [0.2, 0.25) is 0 Å². The molecule has 8 heterocycles. The maximum atomic E-state index is 16.9. The number of rotatable bonds is 2. The van der Waals surface area contributed by atoms with E-state index < -0.39 is 23.3 Å². The van der Waals surface area contributed by atoms with Crippen LogP contribution in [0.5, 0.6) is 0 Å². The van der Waals surface area contributed by atoms with Gasteiger partial charge in [0.05, 0.1) is 34.6 Å². The third kappa shape index (κ3) is 4.49. The Morgan fingerprint density at radius 1 is 1.04 bits per heavy atom. The van der Waals surface area contributed by atoms with Gasteiger partial charge in [0.25, 0.3) is 11.8 Å². The first-order chi connectivity index (χ1) is 22.9. The molecule has 2 fully saturated rings. The summed E-state index contributed by atoms with van der Waals surface area (Å²) in [7, 11) is 1.46. The van der Waals surface area contributed by atoms with Crippen molar-refractivity contribution in [2.45, 2.75) is 95.3 Å². The van der Waals surface area contributed by atoms with E-state index in [1.807, 2.05) is 52.5 Å². The number of anilines is 3. The van der Waals surface area contributed by atoms with Gasteiger partial charge in [-0.3, -0.25) is 14.5 Å². The maximum absolute atomic E-state index is 16.9. The van der Waals surface area contributed by atoms with Crippen LogP contribution < -0.4 is 15.5 Å². The molecule has 1 unspecified atom stereocenters. The summed E-state index contributed by atoms with van der Waals surface area (Å²) in [4.78, 5) is 40.9. The summed E-state index contributed by atoms with van der Waals surface area (Å²) in [6.45, 7) is 8.58. The van der Waals surface area contributed by atoms with E-state index in [4.69, 9.17) is 9.97 Å². The highest BCUT2D eigenvalue weighted by molar-refractivity contribution is 6.09. The lowest BCUT2D eigenvalue weighted by molar-refractivity contribution is -0.129. The van der Waals surface area contributed by atoms with Crippen molar-refractivity contribution in [1.29, 1.82) is 0 Å². The van der Waals surface area contributed by atoms with Gasteiger partial charge in [-0.1, -0.05) is 24.6 Å². The van der Waals surface area contributed by atoms with Crippen LogP contribution in [0.3, 0.4) is 0 Å². The number of carbonyl (C=O) groups excluding carboxylic acids is 2. The number of hydrogen-bond acceptors (Lipinski definition) is 6. The van der Waals surface area contributed by atoms with E-state index in [1.54, 1.807) is 12.4 Å². The van der Waals surface area contributed by atoms with Crippen molar-refractivity contribution >= 4 is 40.0 Å². The first kappa shape index (κ1) is 30.9. The lowest BCUT2D eigenvalue weighted by atomic mass is 9.79. The van der Waals surface area contributed by atoms with Gasteiger partial charge in [-0.15, -0.1) is 0 Å². The summed E-state index contributed by atoms with van der Waals surface area (Å²) in [5, 5.41) is 5.95. The van der Waals surface area contributed by atoms with Gasteiger partial charge in [-0.05, 0) is 89.8 Å². The summed E-state index contributed by atoms with van der Waals surface area (Å²) < 4.78 is 35.8. The molecule has 2 amide bonds. The first-order valence-electron chi connectivity index (χ1n) is 17.0.